The Kier molecular flexibility index (Phi) is 5.46. The molecule has 0 amide bonds. The van der Waals surface area contributed by atoms with Crippen LogP contribution in [0.2, 0.25) is 0 Å². The number of rotatable bonds is 7. The van der Waals surface area contributed by atoms with Gasteiger partial charge in [0, 0.05) is 19.0 Å². The Labute approximate surface area is 98.2 Å². The van der Waals surface area contributed by atoms with E-state index >= 15 is 0 Å². The summed E-state index contributed by atoms with van der Waals surface area (Å²) in [7, 11) is 0. The topological polar surface area (TPSA) is 56.7 Å². The van der Waals surface area contributed by atoms with Crippen LogP contribution in [-0.2, 0) is 13.0 Å². The first-order chi connectivity index (χ1) is 7.63. The SMILES string of the molecule is CCCCC(N)Cc1ncnn1CC(C)C. The molecule has 0 aromatic carbocycles. The van der Waals surface area contributed by atoms with Crippen molar-refractivity contribution in [2.45, 2.75) is 59.0 Å². The van der Waals surface area contributed by atoms with Crippen molar-refractivity contribution in [2.24, 2.45) is 11.7 Å². The maximum atomic E-state index is 6.07. The predicted octanol–water partition coefficient (Wildman–Crippen LogP) is 1.99. The molecule has 4 heteroatoms. The third-order valence-electron chi connectivity index (χ3n) is 2.61. The van der Waals surface area contributed by atoms with Gasteiger partial charge in [-0.15, -0.1) is 0 Å². The normalized spacial score (nSPS) is 13.3. The van der Waals surface area contributed by atoms with Crippen LogP contribution in [0, 0.1) is 5.92 Å². The summed E-state index contributed by atoms with van der Waals surface area (Å²) in [6.07, 6.45) is 5.94. The van der Waals surface area contributed by atoms with Crippen LogP contribution in [0.25, 0.3) is 0 Å². The fraction of sp³-hybridized carbons (Fsp3) is 0.833. The van der Waals surface area contributed by atoms with Crippen LogP contribution < -0.4 is 5.73 Å². The van der Waals surface area contributed by atoms with Crippen LogP contribution in [0.5, 0.6) is 0 Å². The third-order valence-corrected chi connectivity index (χ3v) is 2.61. The summed E-state index contributed by atoms with van der Waals surface area (Å²) in [6, 6.07) is 0.218. The molecule has 92 valence electrons. The van der Waals surface area contributed by atoms with Gasteiger partial charge in [0.2, 0.25) is 0 Å². The first-order valence-corrected chi connectivity index (χ1v) is 6.25. The second kappa shape index (κ2) is 6.63. The van der Waals surface area contributed by atoms with E-state index in [1.54, 1.807) is 6.33 Å². The molecule has 1 heterocycles. The first kappa shape index (κ1) is 13.2. The number of aromatic nitrogens is 3. The zero-order valence-corrected chi connectivity index (χ0v) is 10.7. The number of nitrogens with zero attached hydrogens (tertiary/aromatic N) is 3. The van der Waals surface area contributed by atoms with Crippen LogP contribution in [0.1, 0.15) is 45.9 Å². The van der Waals surface area contributed by atoms with Crippen molar-refractivity contribution in [1.82, 2.24) is 14.8 Å². The Morgan fingerprint density at radius 3 is 2.81 bits per heavy atom. The molecule has 0 saturated carbocycles. The van der Waals surface area contributed by atoms with E-state index < -0.39 is 0 Å². The molecule has 0 aliphatic carbocycles. The van der Waals surface area contributed by atoms with Crippen LogP contribution in [0.4, 0.5) is 0 Å². The van der Waals surface area contributed by atoms with Crippen molar-refractivity contribution >= 4 is 0 Å². The zero-order valence-electron chi connectivity index (χ0n) is 10.7. The molecule has 1 atom stereocenters. The molecule has 1 rings (SSSR count). The zero-order chi connectivity index (χ0) is 12.0. The second-order valence-electron chi connectivity index (χ2n) is 4.86. The van der Waals surface area contributed by atoms with Gasteiger partial charge >= 0.3 is 0 Å². The predicted molar refractivity (Wildman–Crippen MR) is 66.1 cm³/mol. The minimum absolute atomic E-state index is 0.218. The number of unbranched alkanes of at least 4 members (excludes halogenated alkanes) is 1. The van der Waals surface area contributed by atoms with Crippen molar-refractivity contribution in [3.63, 3.8) is 0 Å². The second-order valence-corrected chi connectivity index (χ2v) is 4.86. The molecule has 0 bridgehead atoms. The highest BCUT2D eigenvalue weighted by Gasteiger charge is 2.10. The fourth-order valence-electron chi connectivity index (χ4n) is 1.75. The molecule has 0 aliphatic rings. The summed E-state index contributed by atoms with van der Waals surface area (Å²) < 4.78 is 1.98. The van der Waals surface area contributed by atoms with E-state index in [2.05, 4.69) is 30.9 Å². The molecular formula is C12H24N4. The highest BCUT2D eigenvalue weighted by atomic mass is 15.3. The maximum Gasteiger partial charge on any atom is 0.138 e. The molecule has 0 saturated heterocycles. The Morgan fingerprint density at radius 2 is 2.19 bits per heavy atom. The highest BCUT2D eigenvalue weighted by Crippen LogP contribution is 2.06. The average Bonchev–Trinajstić information content (AvgIpc) is 2.62. The Bertz CT molecular complexity index is 293. The van der Waals surface area contributed by atoms with Gasteiger partial charge in [-0.25, -0.2) is 9.67 Å². The number of hydrogen-bond donors (Lipinski definition) is 1. The maximum absolute atomic E-state index is 6.07. The van der Waals surface area contributed by atoms with Gasteiger partial charge in [-0.3, -0.25) is 0 Å². The highest BCUT2D eigenvalue weighted by molar-refractivity contribution is 4.89. The lowest BCUT2D eigenvalue weighted by Gasteiger charge is -2.12. The Morgan fingerprint density at radius 1 is 1.44 bits per heavy atom. The summed E-state index contributed by atoms with van der Waals surface area (Å²) in [4.78, 5) is 4.29. The van der Waals surface area contributed by atoms with Gasteiger partial charge in [0.1, 0.15) is 12.2 Å². The molecule has 1 aromatic rings. The lowest BCUT2D eigenvalue weighted by molar-refractivity contribution is 0.452. The van der Waals surface area contributed by atoms with Crippen LogP contribution >= 0.6 is 0 Å². The van der Waals surface area contributed by atoms with E-state index in [-0.39, 0.29) is 6.04 Å². The Balaban J connectivity index is 2.49. The quantitative estimate of drug-likeness (QED) is 0.770. The molecular weight excluding hydrogens is 200 g/mol. The average molecular weight is 224 g/mol. The standard InChI is InChI=1S/C12H24N4/c1-4-5-6-11(13)7-12-14-9-15-16(12)8-10(2)3/h9-11H,4-8,13H2,1-3H3. The summed E-state index contributed by atoms with van der Waals surface area (Å²) in [5.41, 5.74) is 6.07. The van der Waals surface area contributed by atoms with Crippen molar-refractivity contribution < 1.29 is 0 Å². The molecule has 1 unspecified atom stereocenters. The molecule has 2 N–H and O–H groups in total. The minimum Gasteiger partial charge on any atom is -0.327 e. The fourth-order valence-corrected chi connectivity index (χ4v) is 1.75. The smallest absolute Gasteiger partial charge is 0.138 e. The van der Waals surface area contributed by atoms with Crippen molar-refractivity contribution in [3.8, 4) is 0 Å². The van der Waals surface area contributed by atoms with Gasteiger partial charge in [0.05, 0.1) is 0 Å². The van der Waals surface area contributed by atoms with E-state index in [1.807, 2.05) is 4.68 Å². The molecule has 16 heavy (non-hydrogen) atoms. The first-order valence-electron chi connectivity index (χ1n) is 6.25. The lowest BCUT2D eigenvalue weighted by Crippen LogP contribution is -2.25. The summed E-state index contributed by atoms with van der Waals surface area (Å²) in [5, 5.41) is 4.24. The van der Waals surface area contributed by atoms with Crippen LogP contribution in [-0.4, -0.2) is 20.8 Å². The van der Waals surface area contributed by atoms with E-state index in [4.69, 9.17) is 5.73 Å². The minimum atomic E-state index is 0.218. The number of nitrogens with two attached hydrogens (primary N) is 1. The van der Waals surface area contributed by atoms with Crippen molar-refractivity contribution in [1.29, 1.82) is 0 Å². The molecule has 0 fully saturated rings. The molecule has 1 aromatic heterocycles. The third kappa shape index (κ3) is 4.31. The van der Waals surface area contributed by atoms with Gasteiger partial charge in [-0.2, -0.15) is 5.10 Å². The van der Waals surface area contributed by atoms with Crippen LogP contribution in [0.3, 0.4) is 0 Å². The van der Waals surface area contributed by atoms with Gasteiger partial charge in [0.25, 0.3) is 0 Å². The van der Waals surface area contributed by atoms with Gasteiger partial charge < -0.3 is 5.73 Å². The Hall–Kier alpha value is -0.900. The largest absolute Gasteiger partial charge is 0.327 e. The number of hydrogen-bond acceptors (Lipinski definition) is 3. The van der Waals surface area contributed by atoms with Gasteiger partial charge in [-0.05, 0) is 12.3 Å². The van der Waals surface area contributed by atoms with E-state index in [0.717, 1.165) is 25.2 Å². The van der Waals surface area contributed by atoms with E-state index in [1.165, 1.54) is 12.8 Å². The van der Waals surface area contributed by atoms with E-state index in [9.17, 15) is 0 Å². The van der Waals surface area contributed by atoms with E-state index in [0.29, 0.717) is 5.92 Å². The molecule has 0 aliphatic heterocycles. The molecule has 4 nitrogen and oxygen atoms in total. The summed E-state index contributed by atoms with van der Waals surface area (Å²) in [5.74, 6) is 1.62. The van der Waals surface area contributed by atoms with Gasteiger partial charge in [-0.1, -0.05) is 33.6 Å². The van der Waals surface area contributed by atoms with Crippen molar-refractivity contribution in [2.75, 3.05) is 0 Å². The van der Waals surface area contributed by atoms with Crippen molar-refractivity contribution in [3.05, 3.63) is 12.2 Å². The molecule has 0 radical (unpaired) electrons. The summed E-state index contributed by atoms with van der Waals surface area (Å²) in [6.45, 7) is 7.48. The lowest BCUT2D eigenvalue weighted by atomic mass is 10.1. The summed E-state index contributed by atoms with van der Waals surface area (Å²) >= 11 is 0. The van der Waals surface area contributed by atoms with Gasteiger partial charge in [0.15, 0.2) is 0 Å². The van der Waals surface area contributed by atoms with Crippen LogP contribution in [0.15, 0.2) is 6.33 Å². The molecule has 0 spiro atoms. The monoisotopic (exact) mass is 224 g/mol.